The standard InChI is InChI=1S/C12H16FN.ClH/c1-3-4-5-12(14)10-8-9(2)6-7-11(10)13;/h3,6-8,12H,1,4-5,14H2,2H3;1H/t12-;/m0./s1. The van der Waals surface area contributed by atoms with Crippen molar-refractivity contribution in [2.24, 2.45) is 5.73 Å². The largest absolute Gasteiger partial charge is 0.324 e. The van der Waals surface area contributed by atoms with Crippen LogP contribution in [0.25, 0.3) is 0 Å². The molecule has 3 heteroatoms. The van der Waals surface area contributed by atoms with Crippen molar-refractivity contribution in [3.8, 4) is 0 Å². The molecule has 0 spiro atoms. The van der Waals surface area contributed by atoms with Crippen LogP contribution in [0, 0.1) is 12.7 Å². The van der Waals surface area contributed by atoms with Gasteiger partial charge in [0.25, 0.3) is 0 Å². The fourth-order valence-corrected chi connectivity index (χ4v) is 1.40. The lowest BCUT2D eigenvalue weighted by molar-refractivity contribution is 0.566. The first-order chi connectivity index (χ1) is 6.65. The average Bonchev–Trinajstić information content (AvgIpc) is 2.18. The van der Waals surface area contributed by atoms with Gasteiger partial charge in [0.1, 0.15) is 5.82 Å². The van der Waals surface area contributed by atoms with Crippen LogP contribution < -0.4 is 5.73 Å². The van der Waals surface area contributed by atoms with Gasteiger partial charge in [-0.2, -0.15) is 0 Å². The summed E-state index contributed by atoms with van der Waals surface area (Å²) in [6, 6.07) is 4.80. The van der Waals surface area contributed by atoms with E-state index in [2.05, 4.69) is 6.58 Å². The lowest BCUT2D eigenvalue weighted by atomic mass is 10.0. The molecule has 0 aromatic heterocycles. The number of hydrogen-bond acceptors (Lipinski definition) is 1. The van der Waals surface area contributed by atoms with Gasteiger partial charge >= 0.3 is 0 Å². The van der Waals surface area contributed by atoms with E-state index in [1.807, 2.05) is 13.0 Å². The van der Waals surface area contributed by atoms with E-state index < -0.39 is 0 Å². The Morgan fingerprint density at radius 3 is 2.80 bits per heavy atom. The van der Waals surface area contributed by atoms with Gasteiger partial charge in [0, 0.05) is 11.6 Å². The fourth-order valence-electron chi connectivity index (χ4n) is 1.40. The van der Waals surface area contributed by atoms with E-state index >= 15 is 0 Å². The van der Waals surface area contributed by atoms with E-state index in [4.69, 9.17) is 5.73 Å². The van der Waals surface area contributed by atoms with Crippen LogP contribution >= 0.6 is 12.4 Å². The molecule has 0 saturated carbocycles. The zero-order valence-corrected chi connectivity index (χ0v) is 9.69. The Bertz CT molecular complexity index is 325. The van der Waals surface area contributed by atoms with E-state index in [-0.39, 0.29) is 24.3 Å². The van der Waals surface area contributed by atoms with Crippen molar-refractivity contribution < 1.29 is 4.39 Å². The third-order valence-corrected chi connectivity index (χ3v) is 2.23. The highest BCUT2D eigenvalue weighted by atomic mass is 35.5. The smallest absolute Gasteiger partial charge is 0.127 e. The van der Waals surface area contributed by atoms with Crippen LogP contribution in [0.1, 0.15) is 30.0 Å². The van der Waals surface area contributed by atoms with Crippen LogP contribution in [0.15, 0.2) is 30.9 Å². The maximum Gasteiger partial charge on any atom is 0.127 e. The molecular formula is C12H17ClFN. The predicted octanol–water partition coefficient (Wildman–Crippen LogP) is 3.52. The first-order valence-electron chi connectivity index (χ1n) is 4.77. The van der Waals surface area contributed by atoms with Gasteiger partial charge in [0.15, 0.2) is 0 Å². The summed E-state index contributed by atoms with van der Waals surface area (Å²) in [6.45, 7) is 5.55. The molecular weight excluding hydrogens is 213 g/mol. The monoisotopic (exact) mass is 229 g/mol. The van der Waals surface area contributed by atoms with Crippen molar-refractivity contribution in [2.75, 3.05) is 0 Å². The highest BCUT2D eigenvalue weighted by Gasteiger charge is 2.10. The van der Waals surface area contributed by atoms with Gasteiger partial charge in [-0.05, 0) is 25.8 Å². The summed E-state index contributed by atoms with van der Waals surface area (Å²) in [7, 11) is 0. The summed E-state index contributed by atoms with van der Waals surface area (Å²) < 4.78 is 13.3. The number of halogens is 2. The summed E-state index contributed by atoms with van der Waals surface area (Å²) in [6.07, 6.45) is 3.35. The molecule has 0 amide bonds. The second-order valence-electron chi connectivity index (χ2n) is 3.50. The van der Waals surface area contributed by atoms with Crippen molar-refractivity contribution in [3.05, 3.63) is 47.8 Å². The molecule has 1 nitrogen and oxygen atoms in total. The van der Waals surface area contributed by atoms with Crippen LogP contribution in [-0.4, -0.2) is 0 Å². The summed E-state index contributed by atoms with van der Waals surface area (Å²) in [5.41, 5.74) is 7.50. The molecule has 15 heavy (non-hydrogen) atoms. The highest BCUT2D eigenvalue weighted by molar-refractivity contribution is 5.85. The first kappa shape index (κ1) is 14.1. The van der Waals surface area contributed by atoms with E-state index in [9.17, 15) is 4.39 Å². The fraction of sp³-hybridized carbons (Fsp3) is 0.333. The SMILES string of the molecule is C=CCC[C@H](N)c1cc(C)ccc1F.Cl. The van der Waals surface area contributed by atoms with Crippen LogP contribution in [-0.2, 0) is 0 Å². The lowest BCUT2D eigenvalue weighted by Crippen LogP contribution is -2.11. The van der Waals surface area contributed by atoms with Crippen molar-refractivity contribution in [1.29, 1.82) is 0 Å². The number of nitrogens with two attached hydrogens (primary N) is 1. The zero-order valence-electron chi connectivity index (χ0n) is 8.87. The van der Waals surface area contributed by atoms with Crippen molar-refractivity contribution in [3.63, 3.8) is 0 Å². The molecule has 0 aliphatic carbocycles. The Labute approximate surface area is 96.6 Å². The molecule has 1 rings (SSSR count). The van der Waals surface area contributed by atoms with Gasteiger partial charge in [0.05, 0.1) is 0 Å². The Hall–Kier alpha value is -0.860. The second-order valence-corrected chi connectivity index (χ2v) is 3.50. The topological polar surface area (TPSA) is 26.0 Å². The minimum absolute atomic E-state index is 0. The van der Waals surface area contributed by atoms with Crippen molar-refractivity contribution in [1.82, 2.24) is 0 Å². The summed E-state index contributed by atoms with van der Waals surface area (Å²) >= 11 is 0. The molecule has 1 atom stereocenters. The molecule has 0 aliphatic rings. The van der Waals surface area contributed by atoms with Gasteiger partial charge < -0.3 is 5.73 Å². The van der Waals surface area contributed by atoms with E-state index in [1.165, 1.54) is 6.07 Å². The van der Waals surface area contributed by atoms with Gasteiger partial charge in [-0.3, -0.25) is 0 Å². The normalized spacial score (nSPS) is 11.7. The minimum Gasteiger partial charge on any atom is -0.324 e. The number of allylic oxidation sites excluding steroid dienone is 1. The molecule has 1 aromatic carbocycles. The van der Waals surface area contributed by atoms with Crippen molar-refractivity contribution >= 4 is 12.4 Å². The van der Waals surface area contributed by atoms with Gasteiger partial charge in [-0.1, -0.05) is 23.8 Å². The van der Waals surface area contributed by atoms with Gasteiger partial charge in [-0.25, -0.2) is 4.39 Å². The molecule has 2 N–H and O–H groups in total. The molecule has 0 bridgehead atoms. The van der Waals surface area contributed by atoms with Gasteiger partial charge in [0.2, 0.25) is 0 Å². The molecule has 0 unspecified atom stereocenters. The molecule has 0 heterocycles. The van der Waals surface area contributed by atoms with Crippen LogP contribution in [0.5, 0.6) is 0 Å². The Kier molecular flexibility index (Phi) is 6.21. The maximum atomic E-state index is 13.3. The summed E-state index contributed by atoms with van der Waals surface area (Å²) in [5.74, 6) is -0.216. The van der Waals surface area contributed by atoms with Crippen molar-refractivity contribution in [2.45, 2.75) is 25.8 Å². The summed E-state index contributed by atoms with van der Waals surface area (Å²) in [4.78, 5) is 0. The molecule has 0 saturated heterocycles. The van der Waals surface area contributed by atoms with E-state index in [0.717, 1.165) is 18.4 Å². The zero-order chi connectivity index (χ0) is 10.6. The number of aryl methyl sites for hydroxylation is 1. The van der Waals surface area contributed by atoms with Crippen LogP contribution in [0.4, 0.5) is 4.39 Å². The van der Waals surface area contributed by atoms with E-state index in [1.54, 1.807) is 12.1 Å². The first-order valence-corrected chi connectivity index (χ1v) is 4.77. The molecule has 0 fully saturated rings. The lowest BCUT2D eigenvalue weighted by Gasteiger charge is -2.12. The average molecular weight is 230 g/mol. The number of hydrogen-bond donors (Lipinski definition) is 1. The second kappa shape index (κ2) is 6.59. The third kappa shape index (κ3) is 4.02. The minimum atomic E-state index is -0.229. The predicted molar refractivity (Wildman–Crippen MR) is 64.7 cm³/mol. The quantitative estimate of drug-likeness (QED) is 0.786. The Morgan fingerprint density at radius 1 is 1.53 bits per heavy atom. The Balaban J connectivity index is 0.00000196. The number of benzene rings is 1. The van der Waals surface area contributed by atoms with Gasteiger partial charge in [-0.15, -0.1) is 19.0 Å². The van der Waals surface area contributed by atoms with E-state index in [0.29, 0.717) is 5.56 Å². The maximum absolute atomic E-state index is 13.3. The Morgan fingerprint density at radius 2 is 2.20 bits per heavy atom. The third-order valence-electron chi connectivity index (χ3n) is 2.23. The molecule has 84 valence electrons. The van der Waals surface area contributed by atoms with Crippen LogP contribution in [0.2, 0.25) is 0 Å². The molecule has 0 radical (unpaired) electrons. The molecule has 0 aliphatic heterocycles. The van der Waals surface area contributed by atoms with Crippen LogP contribution in [0.3, 0.4) is 0 Å². The highest BCUT2D eigenvalue weighted by Crippen LogP contribution is 2.20. The summed E-state index contributed by atoms with van der Waals surface area (Å²) in [5, 5.41) is 0. The number of rotatable bonds is 4. The molecule has 1 aromatic rings.